The number of nitrogens with zero attached hydrogens (tertiary/aromatic N) is 1. The fraction of sp³-hybridized carbons (Fsp3) is 0.267. The smallest absolute Gasteiger partial charge is 0.354 e. The Bertz CT molecular complexity index is 733. The predicted octanol–water partition coefficient (Wildman–Crippen LogP) is 1.77. The second-order valence-corrected chi connectivity index (χ2v) is 4.47. The van der Waals surface area contributed by atoms with Crippen LogP contribution >= 0.6 is 0 Å². The van der Waals surface area contributed by atoms with E-state index in [-0.39, 0.29) is 5.70 Å². The zero-order valence-electron chi connectivity index (χ0n) is 12.6. The summed E-state index contributed by atoms with van der Waals surface area (Å²) < 4.78 is 9.16. The van der Waals surface area contributed by atoms with Crippen molar-refractivity contribution in [2.45, 2.75) is 13.3 Å². The quantitative estimate of drug-likeness (QED) is 0.646. The molecule has 7 heteroatoms. The molecular weight excluding hydrogens is 286 g/mol. The standard InChI is InChI=1S/C15H17N3O4/c1-4-13-17-10-6-5-9(7-11(10)18-13)16-12(15(20)22-3)8-14(19)21-2/h5-8,16H,4H2,1-3H3,(H,17,18)/b12-8+. The molecule has 0 saturated heterocycles. The number of aryl methyl sites for hydroxylation is 1. The number of methoxy groups -OCH3 is 2. The van der Waals surface area contributed by atoms with Crippen molar-refractivity contribution in [3.8, 4) is 0 Å². The zero-order chi connectivity index (χ0) is 16.1. The van der Waals surface area contributed by atoms with Gasteiger partial charge in [-0.2, -0.15) is 0 Å². The van der Waals surface area contributed by atoms with Crippen molar-refractivity contribution in [3.05, 3.63) is 35.8 Å². The molecule has 2 rings (SSSR count). The summed E-state index contributed by atoms with van der Waals surface area (Å²) in [6, 6.07) is 5.38. The monoisotopic (exact) mass is 303 g/mol. The van der Waals surface area contributed by atoms with Crippen molar-refractivity contribution in [1.29, 1.82) is 0 Å². The number of anilines is 1. The summed E-state index contributed by atoms with van der Waals surface area (Å²) in [7, 11) is 2.47. The van der Waals surface area contributed by atoms with Gasteiger partial charge in [-0.05, 0) is 18.2 Å². The maximum Gasteiger partial charge on any atom is 0.354 e. The first kappa shape index (κ1) is 15.6. The summed E-state index contributed by atoms with van der Waals surface area (Å²) >= 11 is 0. The molecule has 0 aliphatic heterocycles. The average molecular weight is 303 g/mol. The van der Waals surface area contributed by atoms with Crippen molar-refractivity contribution in [2.24, 2.45) is 0 Å². The minimum absolute atomic E-state index is 0.0102. The Morgan fingerprint density at radius 3 is 2.73 bits per heavy atom. The molecule has 116 valence electrons. The molecule has 2 N–H and O–H groups in total. The highest BCUT2D eigenvalue weighted by atomic mass is 16.5. The van der Waals surface area contributed by atoms with Crippen LogP contribution in [0.4, 0.5) is 5.69 Å². The molecule has 0 amide bonds. The molecule has 0 radical (unpaired) electrons. The van der Waals surface area contributed by atoms with Crippen LogP contribution in [0.2, 0.25) is 0 Å². The van der Waals surface area contributed by atoms with Crippen molar-refractivity contribution in [1.82, 2.24) is 9.97 Å². The first-order chi connectivity index (χ1) is 10.6. The normalized spacial score (nSPS) is 11.3. The Morgan fingerprint density at radius 1 is 1.32 bits per heavy atom. The Kier molecular flexibility index (Phi) is 4.77. The van der Waals surface area contributed by atoms with Gasteiger partial charge in [-0.3, -0.25) is 0 Å². The SMILES string of the molecule is CCc1nc2ccc(N/C(=C/C(=O)OC)C(=O)OC)cc2[nH]1. The number of ether oxygens (including phenoxy) is 2. The van der Waals surface area contributed by atoms with E-state index >= 15 is 0 Å². The highest BCUT2D eigenvalue weighted by Gasteiger charge is 2.13. The zero-order valence-corrected chi connectivity index (χ0v) is 12.6. The van der Waals surface area contributed by atoms with Crippen LogP contribution in [0, 0.1) is 0 Å². The van der Waals surface area contributed by atoms with Crippen LogP contribution in [0.15, 0.2) is 30.0 Å². The molecule has 0 saturated carbocycles. The van der Waals surface area contributed by atoms with Crippen molar-refractivity contribution < 1.29 is 19.1 Å². The number of aromatic amines is 1. The number of H-pyrrole nitrogens is 1. The van der Waals surface area contributed by atoms with Gasteiger partial charge in [-0.1, -0.05) is 6.92 Å². The molecule has 0 atom stereocenters. The minimum atomic E-state index is -0.663. The summed E-state index contributed by atoms with van der Waals surface area (Å²) in [5.74, 6) is -0.432. The Labute approximate surface area is 127 Å². The van der Waals surface area contributed by atoms with E-state index in [0.29, 0.717) is 5.69 Å². The topological polar surface area (TPSA) is 93.3 Å². The van der Waals surface area contributed by atoms with Crippen molar-refractivity contribution >= 4 is 28.7 Å². The van der Waals surface area contributed by atoms with E-state index in [4.69, 9.17) is 0 Å². The number of benzene rings is 1. The van der Waals surface area contributed by atoms with Gasteiger partial charge in [0.25, 0.3) is 0 Å². The Morgan fingerprint density at radius 2 is 2.09 bits per heavy atom. The van der Waals surface area contributed by atoms with Crippen LogP contribution in [0.25, 0.3) is 11.0 Å². The number of nitrogens with one attached hydrogen (secondary N) is 2. The third-order valence-electron chi connectivity index (χ3n) is 3.01. The van der Waals surface area contributed by atoms with Crippen LogP contribution in [0.1, 0.15) is 12.7 Å². The summed E-state index contributed by atoms with van der Waals surface area (Å²) in [5, 5.41) is 2.85. The Hall–Kier alpha value is -2.83. The molecule has 7 nitrogen and oxygen atoms in total. The molecule has 0 bridgehead atoms. The highest BCUT2D eigenvalue weighted by Crippen LogP contribution is 2.19. The van der Waals surface area contributed by atoms with E-state index in [9.17, 15) is 9.59 Å². The highest BCUT2D eigenvalue weighted by molar-refractivity contribution is 5.99. The second kappa shape index (κ2) is 6.75. The lowest BCUT2D eigenvalue weighted by molar-refractivity contribution is -0.138. The van der Waals surface area contributed by atoms with E-state index in [1.165, 1.54) is 14.2 Å². The van der Waals surface area contributed by atoms with Gasteiger partial charge in [0.1, 0.15) is 11.5 Å². The number of rotatable bonds is 5. The van der Waals surface area contributed by atoms with Gasteiger partial charge in [0.05, 0.1) is 31.3 Å². The first-order valence-electron chi connectivity index (χ1n) is 6.71. The lowest BCUT2D eigenvalue weighted by atomic mass is 10.2. The average Bonchev–Trinajstić information content (AvgIpc) is 2.95. The number of hydrogen-bond donors (Lipinski definition) is 2. The minimum Gasteiger partial charge on any atom is -0.466 e. The van der Waals surface area contributed by atoms with Gasteiger partial charge in [-0.25, -0.2) is 14.6 Å². The van der Waals surface area contributed by atoms with Gasteiger partial charge in [0.15, 0.2) is 0 Å². The molecule has 2 aromatic rings. The maximum atomic E-state index is 11.7. The van der Waals surface area contributed by atoms with Gasteiger partial charge < -0.3 is 19.8 Å². The molecule has 1 aromatic carbocycles. The summed E-state index contributed by atoms with van der Waals surface area (Å²) in [4.78, 5) is 30.6. The van der Waals surface area contributed by atoms with Crippen LogP contribution in [0.3, 0.4) is 0 Å². The van der Waals surface area contributed by atoms with E-state index in [1.807, 2.05) is 13.0 Å². The number of hydrogen-bond acceptors (Lipinski definition) is 6. The predicted molar refractivity (Wildman–Crippen MR) is 81.2 cm³/mol. The lowest BCUT2D eigenvalue weighted by Crippen LogP contribution is -2.15. The Balaban J connectivity index is 2.31. The van der Waals surface area contributed by atoms with Gasteiger partial charge in [-0.15, -0.1) is 0 Å². The summed E-state index contributed by atoms with van der Waals surface area (Å²) in [5.41, 5.74) is 2.28. The third kappa shape index (κ3) is 3.43. The van der Waals surface area contributed by atoms with Crippen LogP contribution in [-0.2, 0) is 25.5 Å². The number of imidazole rings is 1. The molecule has 0 unspecified atom stereocenters. The van der Waals surface area contributed by atoms with Gasteiger partial charge in [0, 0.05) is 12.1 Å². The molecule has 0 fully saturated rings. The van der Waals surface area contributed by atoms with E-state index in [0.717, 1.165) is 29.4 Å². The van der Waals surface area contributed by atoms with E-state index in [2.05, 4.69) is 24.8 Å². The maximum absolute atomic E-state index is 11.7. The van der Waals surface area contributed by atoms with Gasteiger partial charge >= 0.3 is 11.9 Å². The van der Waals surface area contributed by atoms with Crippen LogP contribution < -0.4 is 5.32 Å². The van der Waals surface area contributed by atoms with Crippen molar-refractivity contribution in [3.63, 3.8) is 0 Å². The fourth-order valence-corrected chi connectivity index (χ4v) is 1.90. The lowest BCUT2D eigenvalue weighted by Gasteiger charge is -2.08. The van der Waals surface area contributed by atoms with Crippen molar-refractivity contribution in [2.75, 3.05) is 19.5 Å². The van der Waals surface area contributed by atoms with Crippen LogP contribution in [-0.4, -0.2) is 36.1 Å². The molecule has 22 heavy (non-hydrogen) atoms. The van der Waals surface area contributed by atoms with E-state index in [1.54, 1.807) is 12.1 Å². The second-order valence-electron chi connectivity index (χ2n) is 4.47. The third-order valence-corrected chi connectivity index (χ3v) is 3.01. The van der Waals surface area contributed by atoms with E-state index < -0.39 is 11.9 Å². The molecule has 0 spiro atoms. The number of carbonyl (C=O) groups excluding carboxylic acids is 2. The molecule has 1 aromatic heterocycles. The number of aromatic nitrogens is 2. The molecule has 0 aliphatic carbocycles. The molecule has 1 heterocycles. The number of carbonyl (C=O) groups is 2. The molecular formula is C15H17N3O4. The molecule has 0 aliphatic rings. The number of fused-ring (bicyclic) bond motifs is 1. The first-order valence-corrected chi connectivity index (χ1v) is 6.71. The summed E-state index contributed by atoms with van der Waals surface area (Å²) in [6.45, 7) is 2.01. The van der Waals surface area contributed by atoms with Gasteiger partial charge in [0.2, 0.25) is 0 Å². The fourth-order valence-electron chi connectivity index (χ4n) is 1.90. The number of esters is 2. The summed E-state index contributed by atoms with van der Waals surface area (Å²) in [6.07, 6.45) is 1.84. The van der Waals surface area contributed by atoms with Crippen LogP contribution in [0.5, 0.6) is 0 Å². The largest absolute Gasteiger partial charge is 0.466 e.